The van der Waals surface area contributed by atoms with Gasteiger partial charge in [0.1, 0.15) is 13.1 Å². The number of benzene rings is 4. The Labute approximate surface area is 392 Å². The Balaban J connectivity index is 1.56. The van der Waals surface area contributed by atoms with Gasteiger partial charge < -0.3 is 14.5 Å². The molecule has 10 rings (SSSR count). The summed E-state index contributed by atoms with van der Waals surface area (Å²) in [6.07, 6.45) is 2.60. The zero-order chi connectivity index (χ0) is 52.9. The summed E-state index contributed by atoms with van der Waals surface area (Å²) in [4.78, 5) is 13.0. The third-order valence-electron chi connectivity index (χ3n) is 12.3. The number of halogens is 20. The normalized spacial score (nSPS) is 13.8. The highest BCUT2D eigenvalue weighted by molar-refractivity contribution is 6.02. The van der Waals surface area contributed by atoms with Gasteiger partial charge in [0.15, 0.2) is 93.1 Å². The van der Waals surface area contributed by atoms with Crippen LogP contribution < -0.4 is 0 Å². The van der Waals surface area contributed by atoms with Gasteiger partial charge in [0.05, 0.1) is 70.2 Å². The molecule has 3 aromatic heterocycles. The second-order valence-corrected chi connectivity index (χ2v) is 17.1. The molecule has 2 N–H and O–H groups in total. The fourth-order valence-electron chi connectivity index (χ4n) is 9.09. The quantitative estimate of drug-likeness (QED) is 0.0799. The Morgan fingerprint density at radius 2 is 0.521 bits per heavy atom. The molecule has 0 aliphatic carbocycles. The van der Waals surface area contributed by atoms with E-state index in [2.05, 4.69) is 19.9 Å². The van der Waals surface area contributed by atoms with Crippen molar-refractivity contribution in [1.82, 2.24) is 19.9 Å². The minimum absolute atomic E-state index is 0.285. The Morgan fingerprint density at radius 3 is 0.781 bits per heavy atom. The summed E-state index contributed by atoms with van der Waals surface area (Å²) in [6, 6.07) is 1.30. The topological polar surface area (TPSA) is 57.4 Å². The van der Waals surface area contributed by atoms with E-state index in [4.69, 9.17) is 0 Å². The molecule has 8 bridgehead atoms. The van der Waals surface area contributed by atoms with Gasteiger partial charge in [-0.15, -0.1) is 0 Å². The third-order valence-corrected chi connectivity index (χ3v) is 12.3. The molecule has 0 spiro atoms. The summed E-state index contributed by atoms with van der Waals surface area (Å²) in [7, 11) is 2.88. The van der Waals surface area contributed by atoms with Crippen LogP contribution in [0, 0.1) is 116 Å². The molecule has 3 aliphatic rings. The van der Waals surface area contributed by atoms with Crippen molar-refractivity contribution in [1.29, 1.82) is 0 Å². The van der Waals surface area contributed by atoms with Crippen LogP contribution in [0.5, 0.6) is 0 Å². The first-order chi connectivity index (χ1) is 34.3. The average Bonchev–Trinajstić information content (AvgIpc) is 4.23. The van der Waals surface area contributed by atoms with Crippen molar-refractivity contribution in [2.45, 2.75) is 13.1 Å². The van der Waals surface area contributed by atoms with Crippen LogP contribution in [0.25, 0.3) is 90.9 Å². The Bertz CT molecular complexity index is 3600. The molecular formula is C48H18F20N5+. The Morgan fingerprint density at radius 1 is 0.301 bits per heavy atom. The Hall–Kier alpha value is -7.96. The van der Waals surface area contributed by atoms with Crippen LogP contribution in [0.4, 0.5) is 87.8 Å². The Kier molecular flexibility index (Phi) is 11.0. The van der Waals surface area contributed by atoms with E-state index in [1.807, 2.05) is 0 Å². The first kappa shape index (κ1) is 48.7. The molecule has 6 heterocycles. The third kappa shape index (κ3) is 6.90. The lowest BCUT2D eigenvalue weighted by atomic mass is 9.98. The van der Waals surface area contributed by atoms with E-state index < -0.39 is 219 Å². The molecule has 0 fully saturated rings. The summed E-state index contributed by atoms with van der Waals surface area (Å²) in [6.45, 7) is -0.828. The maximum absolute atomic E-state index is 16.3. The highest BCUT2D eigenvalue weighted by Gasteiger charge is 2.40. The van der Waals surface area contributed by atoms with E-state index in [9.17, 15) is 17.6 Å². The second-order valence-electron chi connectivity index (χ2n) is 17.1. The molecule has 0 atom stereocenters. The molecular weight excluding hydrogens is 1030 g/mol. The minimum atomic E-state index is -2.71. The van der Waals surface area contributed by atoms with E-state index in [0.717, 1.165) is 0 Å². The van der Waals surface area contributed by atoms with Gasteiger partial charge in [0.25, 0.3) is 0 Å². The zero-order valence-corrected chi connectivity index (χ0v) is 35.8. The van der Waals surface area contributed by atoms with Gasteiger partial charge in [0, 0.05) is 44.4 Å². The van der Waals surface area contributed by atoms with E-state index in [-0.39, 0.29) is 15.6 Å². The number of nitrogens with one attached hydrogen (secondary N) is 2. The van der Waals surface area contributed by atoms with E-state index in [1.165, 1.54) is 14.1 Å². The minimum Gasteiger partial charge on any atom is -0.354 e. The zero-order valence-electron chi connectivity index (χ0n) is 35.8. The van der Waals surface area contributed by atoms with Gasteiger partial charge in [-0.2, -0.15) is 0 Å². The predicted molar refractivity (Wildman–Crippen MR) is 219 cm³/mol. The summed E-state index contributed by atoms with van der Waals surface area (Å²) in [5.41, 5.74) is -20.4. The maximum Gasteiger partial charge on any atom is 0.200 e. The van der Waals surface area contributed by atoms with Crippen LogP contribution in [0.15, 0.2) is 12.1 Å². The lowest BCUT2D eigenvalue weighted by molar-refractivity contribution is -0.909. The number of aromatic amines is 2. The lowest BCUT2D eigenvalue weighted by Crippen LogP contribution is -2.32. The summed E-state index contributed by atoms with van der Waals surface area (Å²) >= 11 is 0. The van der Waals surface area contributed by atoms with Crippen molar-refractivity contribution in [3.63, 3.8) is 0 Å². The molecule has 7 aromatic rings. The lowest BCUT2D eigenvalue weighted by Gasteiger charge is -2.23. The van der Waals surface area contributed by atoms with Crippen molar-refractivity contribution < 1.29 is 92.3 Å². The van der Waals surface area contributed by atoms with Gasteiger partial charge in [-0.05, 0) is 36.4 Å². The molecule has 4 aromatic carbocycles. The number of quaternary nitrogens is 1. The number of H-pyrrole nitrogens is 2. The average molecular weight is 1040 g/mol. The molecule has 0 radical (unpaired) electrons. The highest BCUT2D eigenvalue weighted by atomic mass is 19.2. The predicted octanol–water partition coefficient (Wildman–Crippen LogP) is 14.2. The van der Waals surface area contributed by atoms with Crippen molar-refractivity contribution >= 4 is 46.4 Å². The van der Waals surface area contributed by atoms with Gasteiger partial charge in [-0.3, -0.25) is 0 Å². The molecule has 0 amide bonds. The van der Waals surface area contributed by atoms with Crippen LogP contribution in [0.3, 0.4) is 0 Å². The molecule has 3 aliphatic heterocycles. The number of aromatic nitrogens is 4. The van der Waals surface area contributed by atoms with E-state index in [1.54, 1.807) is 0 Å². The van der Waals surface area contributed by atoms with Crippen LogP contribution in [-0.4, -0.2) is 38.5 Å². The monoisotopic (exact) mass is 1040 g/mol. The number of hydrogen-bond acceptors (Lipinski definition) is 2. The van der Waals surface area contributed by atoms with E-state index >= 15 is 70.2 Å². The summed E-state index contributed by atoms with van der Waals surface area (Å²) < 4.78 is 309. The molecule has 0 unspecified atom stereocenters. The summed E-state index contributed by atoms with van der Waals surface area (Å²) in [5, 5.41) is 0. The summed E-state index contributed by atoms with van der Waals surface area (Å²) in [5.74, 6) is -52.4. The van der Waals surface area contributed by atoms with Crippen LogP contribution >= 0.6 is 0 Å². The molecule has 0 saturated carbocycles. The van der Waals surface area contributed by atoms with Gasteiger partial charge in [0.2, 0.25) is 23.3 Å². The smallest absolute Gasteiger partial charge is 0.200 e. The fourth-order valence-corrected chi connectivity index (χ4v) is 9.09. The number of fused-ring (bicyclic) bond motifs is 11. The molecule has 73 heavy (non-hydrogen) atoms. The molecule has 25 heteroatoms. The molecule has 374 valence electrons. The van der Waals surface area contributed by atoms with Crippen molar-refractivity contribution in [3.05, 3.63) is 162 Å². The van der Waals surface area contributed by atoms with Gasteiger partial charge in [-0.25, -0.2) is 97.8 Å². The molecule has 0 saturated heterocycles. The van der Waals surface area contributed by atoms with Crippen molar-refractivity contribution in [3.8, 4) is 44.5 Å². The number of rotatable bonds is 4. The van der Waals surface area contributed by atoms with Crippen LogP contribution in [-0.2, 0) is 13.1 Å². The van der Waals surface area contributed by atoms with Gasteiger partial charge >= 0.3 is 0 Å². The van der Waals surface area contributed by atoms with Crippen LogP contribution in [0.1, 0.15) is 33.9 Å². The number of hydrogen-bond donors (Lipinski definition) is 2. The highest BCUT2D eigenvalue weighted by Crippen LogP contribution is 2.48. The largest absolute Gasteiger partial charge is 0.354 e. The second kappa shape index (κ2) is 16.5. The van der Waals surface area contributed by atoms with Crippen molar-refractivity contribution in [2.75, 3.05) is 14.1 Å². The van der Waals surface area contributed by atoms with Crippen LogP contribution in [0.2, 0.25) is 0 Å². The fraction of sp³-hybridized carbons (Fsp3) is 0.0833. The maximum atomic E-state index is 16.3. The van der Waals surface area contributed by atoms with E-state index in [0.29, 0.717) is 36.4 Å². The first-order valence-electron chi connectivity index (χ1n) is 20.4. The van der Waals surface area contributed by atoms with Gasteiger partial charge in [-0.1, -0.05) is 0 Å². The number of nitrogens with zero attached hydrogens (tertiary/aromatic N) is 3. The molecule has 5 nitrogen and oxygen atoms in total. The first-order valence-corrected chi connectivity index (χ1v) is 20.4. The SMILES string of the molecule is C[N+]1(C)Cc2c(c3[nH]c2c(-c2c(F)c(F)c(F)c(F)c2F)c2nc(c(-c4c(F)c(F)c(F)c(F)c4F)c4ccc([nH]4)c(-c4c(F)c(F)c(F)c(F)c4F)c4nc(c3-c3c(F)c(F)c(F)c(F)c3F)C=C4)C=C2)C1. The standard InChI is InChI=1S/C48H18F20N5/c1-73(2)9-11-12(10-73)48-22(26-33(55)41(63)46(68)42(64)34(26)56)18-8-6-16(71-18)20(24-29(51)37(59)44(66)38(60)30(24)52)14-4-3-13(69-14)19(23-27(49)35(57)43(65)36(58)28(23)50)15-5-7-17(70-15)21(47(11)72-48)25-31(53)39(61)45(67)40(62)32(25)54/h3-8,69,72H,9-10H2,1-2H3/q+1. The van der Waals surface area contributed by atoms with Crippen molar-refractivity contribution in [2.24, 2.45) is 0 Å².